The predicted molar refractivity (Wildman–Crippen MR) is 70.2 cm³/mol. The Morgan fingerprint density at radius 2 is 2.05 bits per heavy atom. The van der Waals surface area contributed by atoms with E-state index in [-0.39, 0.29) is 11.8 Å². The van der Waals surface area contributed by atoms with Gasteiger partial charge in [-0.2, -0.15) is 13.2 Å². The van der Waals surface area contributed by atoms with Crippen molar-refractivity contribution in [2.24, 2.45) is 5.73 Å². The van der Waals surface area contributed by atoms with Gasteiger partial charge in [0.1, 0.15) is 6.54 Å². The van der Waals surface area contributed by atoms with E-state index in [4.69, 9.17) is 15.2 Å². The van der Waals surface area contributed by atoms with Crippen LogP contribution >= 0.6 is 0 Å². The lowest BCUT2D eigenvalue weighted by Gasteiger charge is -2.14. The molecule has 0 heterocycles. The van der Waals surface area contributed by atoms with Crippen LogP contribution < -0.4 is 20.5 Å². The number of alkyl halides is 3. The predicted octanol–water partition coefficient (Wildman–Crippen LogP) is 1.77. The number of amides is 1. The third-order valence-electron chi connectivity index (χ3n) is 2.56. The lowest BCUT2D eigenvalue weighted by molar-refractivity contribution is -0.139. The molecular weight excluding hydrogens is 289 g/mol. The zero-order valence-electron chi connectivity index (χ0n) is 11.7. The molecule has 118 valence electrons. The molecule has 0 saturated carbocycles. The summed E-state index contributed by atoms with van der Waals surface area (Å²) >= 11 is 0. The lowest BCUT2D eigenvalue weighted by atomic mass is 10.1. The number of nitrogens with one attached hydrogen (secondary N) is 1. The molecule has 0 aliphatic heterocycles. The van der Waals surface area contributed by atoms with Crippen LogP contribution in [0, 0.1) is 0 Å². The molecule has 1 aromatic rings. The molecule has 3 N–H and O–H groups in total. The minimum atomic E-state index is -4.45. The van der Waals surface area contributed by atoms with Crippen LogP contribution in [-0.4, -0.2) is 32.3 Å². The maximum atomic E-state index is 11.9. The van der Waals surface area contributed by atoms with E-state index in [1.165, 1.54) is 7.11 Å². The van der Waals surface area contributed by atoms with Crippen LogP contribution in [-0.2, 0) is 4.79 Å². The molecule has 1 rings (SSSR count). The van der Waals surface area contributed by atoms with Gasteiger partial charge in [0.15, 0.2) is 18.1 Å². The molecule has 0 saturated heterocycles. The summed E-state index contributed by atoms with van der Waals surface area (Å²) < 4.78 is 46.0. The van der Waals surface area contributed by atoms with Crippen LogP contribution in [0.4, 0.5) is 13.2 Å². The zero-order valence-corrected chi connectivity index (χ0v) is 11.7. The van der Waals surface area contributed by atoms with E-state index in [2.05, 4.69) is 0 Å². The first-order chi connectivity index (χ1) is 9.73. The van der Waals surface area contributed by atoms with E-state index in [1.54, 1.807) is 30.4 Å². The molecule has 0 bridgehead atoms. The lowest BCUT2D eigenvalue weighted by Crippen LogP contribution is -2.36. The molecule has 0 aromatic heterocycles. The number of ether oxygens (including phenoxy) is 2. The van der Waals surface area contributed by atoms with Crippen molar-refractivity contribution in [2.45, 2.75) is 19.1 Å². The standard InChI is InChI=1S/C13H17F3N2O3/c1-8(17)9-3-4-10(11(5-9)20-2)21-6-12(19)18-7-13(14,15)16/h3-5,8H,6-7,17H2,1-2H3,(H,18,19)/t8-/m0/s1. The van der Waals surface area contributed by atoms with Crippen LogP contribution in [0.1, 0.15) is 18.5 Å². The van der Waals surface area contributed by atoms with Gasteiger partial charge in [-0.05, 0) is 24.6 Å². The minimum absolute atomic E-state index is 0.206. The first-order valence-electron chi connectivity index (χ1n) is 6.12. The Morgan fingerprint density at radius 3 is 2.57 bits per heavy atom. The van der Waals surface area contributed by atoms with Crippen molar-refractivity contribution >= 4 is 5.91 Å². The fourth-order valence-electron chi connectivity index (χ4n) is 1.48. The van der Waals surface area contributed by atoms with Gasteiger partial charge >= 0.3 is 6.18 Å². The largest absolute Gasteiger partial charge is 0.493 e. The number of hydrogen-bond donors (Lipinski definition) is 2. The molecule has 0 fully saturated rings. The Labute approximate surface area is 120 Å². The number of benzene rings is 1. The van der Waals surface area contributed by atoms with Gasteiger partial charge in [-0.3, -0.25) is 4.79 Å². The summed E-state index contributed by atoms with van der Waals surface area (Å²) in [4.78, 5) is 11.2. The second-order valence-electron chi connectivity index (χ2n) is 4.38. The highest BCUT2D eigenvalue weighted by Gasteiger charge is 2.27. The number of nitrogens with two attached hydrogens (primary N) is 1. The van der Waals surface area contributed by atoms with E-state index in [0.29, 0.717) is 5.75 Å². The van der Waals surface area contributed by atoms with Gasteiger partial charge in [-0.25, -0.2) is 0 Å². The van der Waals surface area contributed by atoms with Crippen molar-refractivity contribution in [1.82, 2.24) is 5.32 Å². The molecule has 8 heteroatoms. The first kappa shape index (κ1) is 17.1. The topological polar surface area (TPSA) is 73.6 Å². The van der Waals surface area contributed by atoms with Crippen molar-refractivity contribution in [3.63, 3.8) is 0 Å². The van der Waals surface area contributed by atoms with Crippen LogP contribution in [0.2, 0.25) is 0 Å². The summed E-state index contributed by atoms with van der Waals surface area (Å²) in [7, 11) is 1.41. The molecule has 1 aromatic carbocycles. The van der Waals surface area contributed by atoms with Gasteiger partial charge in [0.05, 0.1) is 7.11 Å². The average Bonchev–Trinajstić information content (AvgIpc) is 2.41. The third-order valence-corrected chi connectivity index (χ3v) is 2.56. The van der Waals surface area contributed by atoms with Gasteiger partial charge in [0.25, 0.3) is 5.91 Å². The highest BCUT2D eigenvalue weighted by Crippen LogP contribution is 2.29. The normalized spacial score (nSPS) is 12.7. The zero-order chi connectivity index (χ0) is 16.0. The van der Waals surface area contributed by atoms with E-state index in [9.17, 15) is 18.0 Å². The summed E-state index contributed by atoms with van der Waals surface area (Å²) in [6.45, 7) is -0.139. The van der Waals surface area contributed by atoms with Crippen molar-refractivity contribution < 1.29 is 27.4 Å². The summed E-state index contributed by atoms with van der Waals surface area (Å²) in [5.74, 6) is -0.261. The number of rotatable bonds is 6. The molecule has 1 amide bonds. The van der Waals surface area contributed by atoms with E-state index < -0.39 is 25.2 Å². The van der Waals surface area contributed by atoms with E-state index in [0.717, 1.165) is 5.56 Å². The van der Waals surface area contributed by atoms with Crippen LogP contribution in [0.15, 0.2) is 18.2 Å². The number of halogens is 3. The Balaban J connectivity index is 2.61. The number of hydrogen-bond acceptors (Lipinski definition) is 4. The first-order valence-corrected chi connectivity index (χ1v) is 6.12. The fourth-order valence-corrected chi connectivity index (χ4v) is 1.48. The van der Waals surface area contributed by atoms with Gasteiger partial charge in [0, 0.05) is 6.04 Å². The summed E-state index contributed by atoms with van der Waals surface area (Å²) in [6, 6.07) is 4.68. The van der Waals surface area contributed by atoms with Gasteiger partial charge in [-0.15, -0.1) is 0 Å². The SMILES string of the molecule is COc1cc([C@H](C)N)ccc1OCC(=O)NCC(F)(F)F. The molecule has 0 unspecified atom stereocenters. The monoisotopic (exact) mass is 306 g/mol. The van der Waals surface area contributed by atoms with Gasteiger partial charge in [-0.1, -0.05) is 6.07 Å². The molecule has 0 radical (unpaired) electrons. The van der Waals surface area contributed by atoms with Gasteiger partial charge < -0.3 is 20.5 Å². The number of carbonyl (C=O) groups is 1. The number of carbonyl (C=O) groups excluding carboxylic acids is 1. The van der Waals surface area contributed by atoms with E-state index >= 15 is 0 Å². The molecule has 0 aliphatic rings. The molecule has 0 spiro atoms. The maximum Gasteiger partial charge on any atom is 0.405 e. The van der Waals surface area contributed by atoms with E-state index in [1.807, 2.05) is 0 Å². The molecule has 0 aliphatic carbocycles. The summed E-state index contributed by atoms with van der Waals surface area (Å²) in [5, 5.41) is 1.71. The van der Waals surface area contributed by atoms with Gasteiger partial charge in [0.2, 0.25) is 0 Å². The molecule has 1 atom stereocenters. The molecular formula is C13H17F3N2O3. The Kier molecular flexibility index (Phi) is 5.83. The van der Waals surface area contributed by atoms with Crippen LogP contribution in [0.25, 0.3) is 0 Å². The highest BCUT2D eigenvalue weighted by atomic mass is 19.4. The van der Waals surface area contributed by atoms with Crippen molar-refractivity contribution in [2.75, 3.05) is 20.3 Å². The third kappa shape index (κ3) is 5.90. The van der Waals surface area contributed by atoms with Crippen LogP contribution in [0.3, 0.4) is 0 Å². The van der Waals surface area contributed by atoms with Crippen molar-refractivity contribution in [1.29, 1.82) is 0 Å². The fraction of sp³-hybridized carbons (Fsp3) is 0.462. The summed E-state index contributed by atoms with van der Waals surface area (Å²) in [6.07, 6.45) is -4.45. The molecule has 5 nitrogen and oxygen atoms in total. The maximum absolute atomic E-state index is 11.9. The second kappa shape index (κ2) is 7.16. The van der Waals surface area contributed by atoms with Crippen molar-refractivity contribution in [3.8, 4) is 11.5 Å². The quantitative estimate of drug-likeness (QED) is 0.840. The number of methoxy groups -OCH3 is 1. The smallest absolute Gasteiger partial charge is 0.405 e. The van der Waals surface area contributed by atoms with Crippen molar-refractivity contribution in [3.05, 3.63) is 23.8 Å². The second-order valence-corrected chi connectivity index (χ2v) is 4.38. The Bertz CT molecular complexity index is 490. The summed E-state index contributed by atoms with van der Waals surface area (Å²) in [5.41, 5.74) is 6.53. The highest BCUT2D eigenvalue weighted by molar-refractivity contribution is 5.77. The average molecular weight is 306 g/mol. The molecule has 21 heavy (non-hydrogen) atoms. The van der Waals surface area contributed by atoms with Crippen LogP contribution in [0.5, 0.6) is 11.5 Å². The minimum Gasteiger partial charge on any atom is -0.493 e. The Hall–Kier alpha value is -1.96. The Morgan fingerprint density at radius 1 is 1.38 bits per heavy atom.